The quantitative estimate of drug-likeness (QED) is 0.851. The lowest BCUT2D eigenvalue weighted by Gasteiger charge is -2.22. The van der Waals surface area contributed by atoms with E-state index in [-0.39, 0.29) is 0 Å². The molecule has 2 rings (SSSR count). The summed E-state index contributed by atoms with van der Waals surface area (Å²) >= 11 is 1.70. The van der Waals surface area contributed by atoms with Crippen LogP contribution in [0.5, 0.6) is 0 Å². The highest BCUT2D eigenvalue weighted by Gasteiger charge is 2.12. The van der Waals surface area contributed by atoms with Gasteiger partial charge in [0.05, 0.1) is 0 Å². The van der Waals surface area contributed by atoms with Crippen LogP contribution in [0.4, 0.5) is 5.69 Å². The zero-order valence-electron chi connectivity index (χ0n) is 11.5. The lowest BCUT2D eigenvalue weighted by molar-refractivity contribution is 0.341. The minimum atomic E-state index is 0.317. The Morgan fingerprint density at radius 3 is 2.53 bits per heavy atom. The van der Waals surface area contributed by atoms with Crippen LogP contribution >= 0.6 is 11.3 Å². The number of anilines is 1. The standard InChI is InChI=1S/C15H21N3S/c1-18(2)11-14(12-6-4-3-5-7-12)17-10-15-13(16)8-9-19-15/h3-9,14,17H,10-11,16H2,1-2H3. The number of benzene rings is 1. The highest BCUT2D eigenvalue weighted by molar-refractivity contribution is 7.10. The Kier molecular flexibility index (Phi) is 4.96. The minimum absolute atomic E-state index is 0.317. The summed E-state index contributed by atoms with van der Waals surface area (Å²) < 4.78 is 0. The van der Waals surface area contributed by atoms with Crippen LogP contribution in [0, 0.1) is 0 Å². The molecule has 1 aromatic carbocycles. The molecule has 0 bridgehead atoms. The van der Waals surface area contributed by atoms with E-state index in [9.17, 15) is 0 Å². The van der Waals surface area contributed by atoms with Gasteiger partial charge in [-0.3, -0.25) is 0 Å². The van der Waals surface area contributed by atoms with Crippen LogP contribution < -0.4 is 11.1 Å². The van der Waals surface area contributed by atoms with Gasteiger partial charge in [-0.15, -0.1) is 11.3 Å². The van der Waals surface area contributed by atoms with Gasteiger partial charge in [0.25, 0.3) is 0 Å². The monoisotopic (exact) mass is 275 g/mol. The van der Waals surface area contributed by atoms with Crippen LogP contribution in [0.1, 0.15) is 16.5 Å². The maximum Gasteiger partial charge on any atom is 0.0468 e. The van der Waals surface area contributed by atoms with Gasteiger partial charge in [-0.1, -0.05) is 30.3 Å². The van der Waals surface area contributed by atoms with Gasteiger partial charge in [-0.25, -0.2) is 0 Å². The zero-order chi connectivity index (χ0) is 13.7. The van der Waals surface area contributed by atoms with Crippen molar-refractivity contribution < 1.29 is 0 Å². The maximum atomic E-state index is 5.93. The molecule has 0 aliphatic carbocycles. The van der Waals surface area contributed by atoms with E-state index in [2.05, 4.69) is 48.6 Å². The molecule has 0 aliphatic rings. The summed E-state index contributed by atoms with van der Waals surface area (Å²) in [5.41, 5.74) is 8.12. The van der Waals surface area contributed by atoms with Crippen molar-refractivity contribution in [1.82, 2.24) is 10.2 Å². The minimum Gasteiger partial charge on any atom is -0.398 e. The molecule has 1 unspecified atom stereocenters. The summed E-state index contributed by atoms with van der Waals surface area (Å²) in [6.45, 7) is 1.78. The van der Waals surface area contributed by atoms with Gasteiger partial charge in [0.15, 0.2) is 0 Å². The number of thiophene rings is 1. The van der Waals surface area contributed by atoms with Gasteiger partial charge >= 0.3 is 0 Å². The van der Waals surface area contributed by atoms with E-state index < -0.39 is 0 Å². The van der Waals surface area contributed by atoms with E-state index in [1.165, 1.54) is 10.4 Å². The Morgan fingerprint density at radius 2 is 1.95 bits per heavy atom. The first-order chi connectivity index (χ1) is 9.16. The average Bonchev–Trinajstić information content (AvgIpc) is 2.81. The third-order valence-corrected chi connectivity index (χ3v) is 3.98. The van der Waals surface area contributed by atoms with Crippen LogP contribution in [0.15, 0.2) is 41.8 Å². The topological polar surface area (TPSA) is 41.3 Å². The molecule has 3 N–H and O–H groups in total. The third-order valence-electron chi connectivity index (χ3n) is 3.04. The average molecular weight is 275 g/mol. The highest BCUT2D eigenvalue weighted by atomic mass is 32.1. The number of nitrogens with zero attached hydrogens (tertiary/aromatic N) is 1. The second-order valence-electron chi connectivity index (χ2n) is 4.91. The fourth-order valence-corrected chi connectivity index (χ4v) is 2.80. The van der Waals surface area contributed by atoms with Crippen molar-refractivity contribution in [3.63, 3.8) is 0 Å². The van der Waals surface area contributed by atoms with Gasteiger partial charge in [-0.2, -0.15) is 0 Å². The largest absolute Gasteiger partial charge is 0.398 e. The Hall–Kier alpha value is -1.36. The Labute approximate surface area is 119 Å². The van der Waals surface area contributed by atoms with E-state index in [0.717, 1.165) is 18.8 Å². The SMILES string of the molecule is CN(C)CC(NCc1sccc1N)c1ccccc1. The second kappa shape index (κ2) is 6.70. The maximum absolute atomic E-state index is 5.93. The number of hydrogen-bond donors (Lipinski definition) is 2. The van der Waals surface area contributed by atoms with Crippen molar-refractivity contribution in [2.24, 2.45) is 0 Å². The number of hydrogen-bond acceptors (Lipinski definition) is 4. The van der Waals surface area contributed by atoms with E-state index in [0.29, 0.717) is 6.04 Å². The summed E-state index contributed by atoms with van der Waals surface area (Å²) in [7, 11) is 4.19. The molecule has 102 valence electrons. The molecule has 2 aromatic rings. The normalized spacial score (nSPS) is 12.8. The van der Waals surface area contributed by atoms with Crippen LogP contribution in [0.2, 0.25) is 0 Å². The fourth-order valence-electron chi connectivity index (χ4n) is 2.05. The lowest BCUT2D eigenvalue weighted by Crippen LogP contribution is -2.30. The Bertz CT molecular complexity index is 493. The molecular formula is C15H21N3S. The van der Waals surface area contributed by atoms with E-state index in [1.807, 2.05) is 17.5 Å². The van der Waals surface area contributed by atoms with Gasteiger partial charge < -0.3 is 16.0 Å². The number of rotatable bonds is 6. The molecule has 0 saturated carbocycles. The van der Waals surface area contributed by atoms with Crippen LogP contribution in [0.3, 0.4) is 0 Å². The number of nitrogens with one attached hydrogen (secondary N) is 1. The Morgan fingerprint density at radius 1 is 1.21 bits per heavy atom. The second-order valence-corrected chi connectivity index (χ2v) is 5.91. The van der Waals surface area contributed by atoms with Crippen molar-refractivity contribution >= 4 is 17.0 Å². The van der Waals surface area contributed by atoms with Gasteiger partial charge in [-0.05, 0) is 31.1 Å². The molecule has 19 heavy (non-hydrogen) atoms. The summed E-state index contributed by atoms with van der Waals surface area (Å²) in [6.07, 6.45) is 0. The lowest BCUT2D eigenvalue weighted by atomic mass is 10.1. The fraction of sp³-hybridized carbons (Fsp3) is 0.333. The molecule has 0 radical (unpaired) electrons. The first-order valence-corrected chi connectivity index (χ1v) is 7.29. The molecule has 4 heteroatoms. The van der Waals surface area contributed by atoms with Gasteiger partial charge in [0.1, 0.15) is 0 Å². The first kappa shape index (κ1) is 14.1. The van der Waals surface area contributed by atoms with E-state index >= 15 is 0 Å². The molecule has 0 amide bonds. The van der Waals surface area contributed by atoms with Crippen molar-refractivity contribution in [3.05, 3.63) is 52.2 Å². The molecule has 0 fully saturated rings. The molecule has 1 atom stereocenters. The number of likely N-dealkylation sites (N-methyl/N-ethyl adjacent to an activating group) is 1. The molecule has 0 saturated heterocycles. The molecule has 1 heterocycles. The predicted molar refractivity (Wildman–Crippen MR) is 83.3 cm³/mol. The van der Waals surface area contributed by atoms with Crippen LogP contribution in [-0.4, -0.2) is 25.5 Å². The smallest absolute Gasteiger partial charge is 0.0468 e. The van der Waals surface area contributed by atoms with Crippen molar-refractivity contribution in [3.8, 4) is 0 Å². The third kappa shape index (κ3) is 4.06. The summed E-state index contributed by atoms with van der Waals surface area (Å²) in [6, 6.07) is 12.8. The van der Waals surface area contributed by atoms with Gasteiger partial charge in [0, 0.05) is 29.7 Å². The van der Waals surface area contributed by atoms with Crippen LogP contribution in [-0.2, 0) is 6.54 Å². The Balaban J connectivity index is 2.04. The van der Waals surface area contributed by atoms with Crippen molar-refractivity contribution in [2.75, 3.05) is 26.4 Å². The molecule has 1 aromatic heterocycles. The summed E-state index contributed by atoms with van der Waals surface area (Å²) in [5.74, 6) is 0. The summed E-state index contributed by atoms with van der Waals surface area (Å²) in [4.78, 5) is 3.40. The zero-order valence-corrected chi connectivity index (χ0v) is 12.3. The van der Waals surface area contributed by atoms with E-state index in [4.69, 9.17) is 5.73 Å². The number of nitrogen functional groups attached to an aromatic ring is 1. The van der Waals surface area contributed by atoms with Crippen molar-refractivity contribution in [1.29, 1.82) is 0 Å². The first-order valence-electron chi connectivity index (χ1n) is 6.41. The van der Waals surface area contributed by atoms with E-state index in [1.54, 1.807) is 11.3 Å². The van der Waals surface area contributed by atoms with Crippen LogP contribution in [0.25, 0.3) is 0 Å². The summed E-state index contributed by atoms with van der Waals surface area (Å²) in [5, 5.41) is 5.64. The highest BCUT2D eigenvalue weighted by Crippen LogP contribution is 2.20. The molecule has 0 aliphatic heterocycles. The predicted octanol–water partition coefficient (Wildman–Crippen LogP) is 2.72. The molecular weight excluding hydrogens is 254 g/mol. The van der Waals surface area contributed by atoms with Crippen molar-refractivity contribution in [2.45, 2.75) is 12.6 Å². The number of nitrogens with two attached hydrogens (primary N) is 1. The molecule has 3 nitrogen and oxygen atoms in total. The molecule has 0 spiro atoms. The van der Waals surface area contributed by atoms with Gasteiger partial charge in [0.2, 0.25) is 0 Å².